The summed E-state index contributed by atoms with van der Waals surface area (Å²) >= 11 is 0. The number of benzene rings is 1. The average Bonchev–Trinajstić information content (AvgIpc) is 2.31. The van der Waals surface area contributed by atoms with Gasteiger partial charge < -0.3 is 4.74 Å². The van der Waals surface area contributed by atoms with E-state index in [1.165, 1.54) is 0 Å². The zero-order chi connectivity index (χ0) is 13.4. The van der Waals surface area contributed by atoms with Gasteiger partial charge in [0.2, 0.25) is 5.91 Å². The van der Waals surface area contributed by atoms with Crippen LogP contribution in [0.4, 0.5) is 0 Å². The third-order valence-electron chi connectivity index (χ3n) is 2.19. The van der Waals surface area contributed by atoms with Gasteiger partial charge in [0.1, 0.15) is 5.75 Å². The van der Waals surface area contributed by atoms with Crippen LogP contribution in [-0.2, 0) is 4.79 Å². The Kier molecular flexibility index (Phi) is 5.91. The first kappa shape index (κ1) is 14.2. The minimum atomic E-state index is -0.0628. The predicted molar refractivity (Wildman–Crippen MR) is 72.8 cm³/mol. The fourth-order valence-corrected chi connectivity index (χ4v) is 1.41. The fourth-order valence-electron chi connectivity index (χ4n) is 1.41. The molecular weight excluding hydrogens is 228 g/mol. The Hall–Kier alpha value is -1.84. The van der Waals surface area contributed by atoms with Gasteiger partial charge in [-0.1, -0.05) is 13.8 Å². The van der Waals surface area contributed by atoms with E-state index in [0.29, 0.717) is 18.9 Å². The maximum atomic E-state index is 11.3. The SMILES string of the molecule is CCOc1ccc(/C=N/NC(=O)CC(C)C)cc1. The Bertz CT molecular complexity index is 397. The van der Waals surface area contributed by atoms with Crippen LogP contribution in [0.3, 0.4) is 0 Å². The Morgan fingerprint density at radius 3 is 2.61 bits per heavy atom. The molecule has 18 heavy (non-hydrogen) atoms. The van der Waals surface area contributed by atoms with Crippen molar-refractivity contribution in [3.8, 4) is 5.75 Å². The van der Waals surface area contributed by atoms with Crippen LogP contribution in [0.25, 0.3) is 0 Å². The van der Waals surface area contributed by atoms with Gasteiger partial charge in [0.05, 0.1) is 12.8 Å². The smallest absolute Gasteiger partial charge is 0.240 e. The number of carbonyl (C=O) groups excluding carboxylic acids is 1. The van der Waals surface area contributed by atoms with Gasteiger partial charge >= 0.3 is 0 Å². The molecule has 1 N–H and O–H groups in total. The van der Waals surface area contributed by atoms with Crippen LogP contribution >= 0.6 is 0 Å². The number of amides is 1. The highest BCUT2D eigenvalue weighted by Gasteiger charge is 2.02. The van der Waals surface area contributed by atoms with Crippen LogP contribution in [-0.4, -0.2) is 18.7 Å². The van der Waals surface area contributed by atoms with Crippen LogP contribution in [0.1, 0.15) is 32.8 Å². The topological polar surface area (TPSA) is 50.7 Å². The van der Waals surface area contributed by atoms with E-state index in [4.69, 9.17) is 4.74 Å². The first-order valence-electron chi connectivity index (χ1n) is 6.16. The van der Waals surface area contributed by atoms with Gasteiger partial charge in [0, 0.05) is 6.42 Å². The fraction of sp³-hybridized carbons (Fsp3) is 0.429. The lowest BCUT2D eigenvalue weighted by Crippen LogP contribution is -2.19. The van der Waals surface area contributed by atoms with Crippen molar-refractivity contribution in [1.29, 1.82) is 0 Å². The summed E-state index contributed by atoms with van der Waals surface area (Å²) in [5.41, 5.74) is 3.42. The van der Waals surface area contributed by atoms with Gasteiger partial charge in [-0.2, -0.15) is 5.10 Å². The summed E-state index contributed by atoms with van der Waals surface area (Å²) in [6, 6.07) is 7.54. The molecule has 4 nitrogen and oxygen atoms in total. The van der Waals surface area contributed by atoms with E-state index in [1.807, 2.05) is 45.0 Å². The zero-order valence-corrected chi connectivity index (χ0v) is 11.1. The van der Waals surface area contributed by atoms with Crippen LogP contribution < -0.4 is 10.2 Å². The lowest BCUT2D eigenvalue weighted by atomic mass is 10.1. The summed E-state index contributed by atoms with van der Waals surface area (Å²) in [5.74, 6) is 1.11. The minimum absolute atomic E-state index is 0.0628. The van der Waals surface area contributed by atoms with Crippen molar-refractivity contribution in [3.63, 3.8) is 0 Å². The van der Waals surface area contributed by atoms with E-state index in [1.54, 1.807) is 6.21 Å². The standard InChI is InChI=1S/C14H20N2O2/c1-4-18-13-7-5-12(6-8-13)10-15-16-14(17)9-11(2)3/h5-8,10-11H,4,9H2,1-3H3,(H,16,17)/b15-10+. The maximum Gasteiger partial charge on any atom is 0.240 e. The maximum absolute atomic E-state index is 11.3. The summed E-state index contributed by atoms with van der Waals surface area (Å²) in [6.07, 6.45) is 2.11. The van der Waals surface area contributed by atoms with Gasteiger partial charge in [0.15, 0.2) is 0 Å². The number of rotatable bonds is 6. The molecule has 1 aromatic carbocycles. The molecule has 0 bridgehead atoms. The second-order valence-electron chi connectivity index (χ2n) is 4.39. The summed E-state index contributed by atoms with van der Waals surface area (Å²) in [5, 5.41) is 3.90. The van der Waals surface area contributed by atoms with Crippen LogP contribution in [0.5, 0.6) is 5.75 Å². The van der Waals surface area contributed by atoms with Crippen molar-refractivity contribution in [2.24, 2.45) is 11.0 Å². The number of ether oxygens (including phenoxy) is 1. The molecule has 0 aliphatic rings. The monoisotopic (exact) mass is 248 g/mol. The largest absolute Gasteiger partial charge is 0.494 e. The van der Waals surface area contributed by atoms with Crippen LogP contribution in [0, 0.1) is 5.92 Å². The van der Waals surface area contributed by atoms with Crippen molar-refractivity contribution in [2.45, 2.75) is 27.2 Å². The molecule has 0 fully saturated rings. The number of carbonyl (C=O) groups is 1. The summed E-state index contributed by atoms with van der Waals surface area (Å²) in [6.45, 7) is 6.59. The van der Waals surface area contributed by atoms with E-state index in [-0.39, 0.29) is 5.91 Å². The Balaban J connectivity index is 2.44. The number of nitrogens with zero attached hydrogens (tertiary/aromatic N) is 1. The number of hydrazone groups is 1. The van der Waals surface area contributed by atoms with Crippen molar-refractivity contribution < 1.29 is 9.53 Å². The molecule has 1 aromatic rings. The highest BCUT2D eigenvalue weighted by atomic mass is 16.5. The molecule has 0 atom stereocenters. The lowest BCUT2D eigenvalue weighted by molar-refractivity contribution is -0.121. The third kappa shape index (κ3) is 5.48. The molecule has 0 heterocycles. The zero-order valence-electron chi connectivity index (χ0n) is 11.1. The molecule has 0 aliphatic heterocycles. The molecule has 0 unspecified atom stereocenters. The minimum Gasteiger partial charge on any atom is -0.494 e. The van der Waals surface area contributed by atoms with E-state index in [0.717, 1.165) is 11.3 Å². The first-order valence-corrected chi connectivity index (χ1v) is 6.16. The van der Waals surface area contributed by atoms with E-state index < -0.39 is 0 Å². The van der Waals surface area contributed by atoms with E-state index >= 15 is 0 Å². The number of hydrogen-bond donors (Lipinski definition) is 1. The van der Waals surface area contributed by atoms with Gasteiger partial charge in [-0.05, 0) is 42.7 Å². The summed E-state index contributed by atoms with van der Waals surface area (Å²) in [7, 11) is 0. The molecule has 0 aromatic heterocycles. The van der Waals surface area contributed by atoms with Crippen LogP contribution in [0.2, 0.25) is 0 Å². The summed E-state index contributed by atoms with van der Waals surface area (Å²) < 4.78 is 5.33. The second-order valence-corrected chi connectivity index (χ2v) is 4.39. The average molecular weight is 248 g/mol. The quantitative estimate of drug-likeness (QED) is 0.621. The van der Waals surface area contributed by atoms with Crippen molar-refractivity contribution >= 4 is 12.1 Å². The first-order chi connectivity index (χ1) is 8.61. The Morgan fingerprint density at radius 1 is 1.39 bits per heavy atom. The second kappa shape index (κ2) is 7.48. The Morgan fingerprint density at radius 2 is 2.06 bits per heavy atom. The predicted octanol–water partition coefficient (Wildman–Crippen LogP) is 2.58. The van der Waals surface area contributed by atoms with Crippen molar-refractivity contribution in [2.75, 3.05) is 6.61 Å². The normalized spacial score (nSPS) is 10.9. The van der Waals surface area contributed by atoms with Gasteiger partial charge in [-0.25, -0.2) is 5.43 Å². The van der Waals surface area contributed by atoms with Crippen molar-refractivity contribution in [3.05, 3.63) is 29.8 Å². The molecule has 0 aliphatic carbocycles. The number of nitrogens with one attached hydrogen (secondary N) is 1. The molecule has 4 heteroatoms. The lowest BCUT2D eigenvalue weighted by Gasteiger charge is -2.03. The molecular formula is C14H20N2O2. The molecule has 1 rings (SSSR count). The van der Waals surface area contributed by atoms with Crippen molar-refractivity contribution in [1.82, 2.24) is 5.43 Å². The molecule has 0 radical (unpaired) electrons. The van der Waals surface area contributed by atoms with E-state index in [9.17, 15) is 4.79 Å². The molecule has 0 spiro atoms. The molecule has 1 amide bonds. The number of hydrogen-bond acceptors (Lipinski definition) is 3. The van der Waals surface area contributed by atoms with E-state index in [2.05, 4.69) is 10.5 Å². The third-order valence-corrected chi connectivity index (χ3v) is 2.19. The molecule has 98 valence electrons. The van der Waals surface area contributed by atoms with Gasteiger partial charge in [0.25, 0.3) is 0 Å². The highest BCUT2D eigenvalue weighted by Crippen LogP contribution is 2.10. The van der Waals surface area contributed by atoms with Gasteiger partial charge in [-0.15, -0.1) is 0 Å². The van der Waals surface area contributed by atoms with Gasteiger partial charge in [-0.3, -0.25) is 4.79 Å². The Labute approximate surface area is 108 Å². The summed E-state index contributed by atoms with van der Waals surface area (Å²) in [4.78, 5) is 11.3. The highest BCUT2D eigenvalue weighted by molar-refractivity contribution is 5.82. The molecule has 0 saturated heterocycles. The molecule has 0 saturated carbocycles. The van der Waals surface area contributed by atoms with Crippen LogP contribution in [0.15, 0.2) is 29.4 Å².